The zero-order valence-corrected chi connectivity index (χ0v) is 11.3. The minimum absolute atomic E-state index is 0.447. The molecule has 0 aromatic rings. The molecule has 3 aliphatic rings. The van der Waals surface area contributed by atoms with Crippen molar-refractivity contribution < 1.29 is 0 Å². The smallest absolute Gasteiger partial charge is 0.171 e. The lowest BCUT2D eigenvalue weighted by atomic mass is 10.1. The molecule has 84 valence electrons. The summed E-state index contributed by atoms with van der Waals surface area (Å²) in [6.07, 6.45) is 10.4. The average Bonchev–Trinajstić information content (AvgIpc) is 2.51. The summed E-state index contributed by atoms with van der Waals surface area (Å²) in [7, 11) is 0. The zero-order chi connectivity index (χ0) is 11.3. The number of hydrogen-bond donors (Lipinski definition) is 0. The van der Waals surface area contributed by atoms with E-state index in [2.05, 4.69) is 37.1 Å². The van der Waals surface area contributed by atoms with Gasteiger partial charge in [-0.15, -0.1) is 4.76 Å². The van der Waals surface area contributed by atoms with Gasteiger partial charge in [0.1, 0.15) is 0 Å². The van der Waals surface area contributed by atoms with Gasteiger partial charge in [0.2, 0.25) is 0 Å². The average molecular weight is 250 g/mol. The predicted molar refractivity (Wildman–Crippen MR) is 73.5 cm³/mol. The Morgan fingerprint density at radius 1 is 1.38 bits per heavy atom. The summed E-state index contributed by atoms with van der Waals surface area (Å²) in [6.45, 7) is 2.86. The second kappa shape index (κ2) is 3.48. The van der Waals surface area contributed by atoms with Crippen LogP contribution in [0.3, 0.4) is 0 Å². The lowest BCUT2D eigenvalue weighted by molar-refractivity contribution is 0.514. The highest BCUT2D eigenvalue weighted by Crippen LogP contribution is 2.71. The minimum Gasteiger partial charge on any atom is -0.527 e. The lowest BCUT2D eigenvalue weighted by Gasteiger charge is -2.38. The minimum atomic E-state index is -1.59. The number of fused-ring (bicyclic) bond motifs is 3. The number of allylic oxidation sites excluding steroid dienone is 3. The maximum atomic E-state index is 5.86. The summed E-state index contributed by atoms with van der Waals surface area (Å²) in [5, 5.41) is 0. The summed E-state index contributed by atoms with van der Waals surface area (Å²) >= 11 is 5.86. The van der Waals surface area contributed by atoms with Crippen LogP contribution < -0.4 is 0 Å². The summed E-state index contributed by atoms with van der Waals surface area (Å²) in [5.74, 6) is 1.53. The van der Waals surface area contributed by atoms with Gasteiger partial charge in [-0.25, -0.2) is 0 Å². The first-order valence-electron chi connectivity index (χ1n) is 5.57. The van der Waals surface area contributed by atoms with E-state index < -0.39 is 6.62 Å². The van der Waals surface area contributed by atoms with Crippen LogP contribution in [0.15, 0.2) is 40.3 Å². The fourth-order valence-electron chi connectivity index (χ4n) is 2.52. The first-order valence-corrected chi connectivity index (χ1v) is 8.58. The predicted octanol–water partition coefficient (Wildman–Crippen LogP) is 3.24. The maximum absolute atomic E-state index is 5.86. The Kier molecular flexibility index (Phi) is 2.31. The molecule has 3 heterocycles. The van der Waals surface area contributed by atoms with Crippen molar-refractivity contribution in [2.45, 2.75) is 26.1 Å². The molecule has 0 spiro atoms. The van der Waals surface area contributed by atoms with Crippen LogP contribution in [0.4, 0.5) is 0 Å². The molecule has 0 aliphatic carbocycles. The maximum Gasteiger partial charge on any atom is 0.171 e. The Labute approximate surface area is 102 Å². The van der Waals surface area contributed by atoms with Gasteiger partial charge in [0, 0.05) is 19.2 Å². The van der Waals surface area contributed by atoms with Crippen molar-refractivity contribution in [2.75, 3.05) is 6.16 Å². The Morgan fingerprint density at radius 2 is 2.19 bits per heavy atom. The Bertz CT molecular complexity index is 464. The number of nitrogens with zero attached hydrogens (tertiary/aromatic N) is 2. The Morgan fingerprint density at radius 3 is 3.00 bits per heavy atom. The van der Waals surface area contributed by atoms with Crippen LogP contribution in [-0.2, 0) is 12.2 Å². The third-order valence-electron chi connectivity index (χ3n) is 3.61. The molecule has 0 amide bonds. The first kappa shape index (κ1) is 10.6. The van der Waals surface area contributed by atoms with E-state index in [-0.39, 0.29) is 0 Å². The third-order valence-corrected chi connectivity index (χ3v) is 7.80. The molecule has 0 saturated carbocycles. The fourth-order valence-corrected chi connectivity index (χ4v) is 6.91. The van der Waals surface area contributed by atoms with Crippen LogP contribution in [-0.4, -0.2) is 22.7 Å². The van der Waals surface area contributed by atoms with Crippen molar-refractivity contribution in [1.29, 1.82) is 0 Å². The van der Waals surface area contributed by atoms with Crippen LogP contribution in [0, 0.1) is 0 Å². The van der Waals surface area contributed by atoms with Crippen LogP contribution in [0.5, 0.6) is 0 Å². The molecular formula is C12H15N2PS. The van der Waals surface area contributed by atoms with Gasteiger partial charge in [-0.05, 0) is 31.6 Å². The van der Waals surface area contributed by atoms with E-state index in [9.17, 15) is 0 Å². The third kappa shape index (κ3) is 1.42. The molecular weight excluding hydrogens is 235 g/mol. The quantitative estimate of drug-likeness (QED) is 0.372. The van der Waals surface area contributed by atoms with E-state index in [4.69, 9.17) is 17.0 Å². The normalized spacial score (nSPS) is 36.3. The molecule has 16 heavy (non-hydrogen) atoms. The van der Waals surface area contributed by atoms with Crippen LogP contribution >= 0.6 is 6.62 Å². The van der Waals surface area contributed by atoms with E-state index in [1.807, 2.05) is 6.08 Å². The first-order chi connectivity index (χ1) is 7.60. The Hall–Kier alpha value is -0.530. The van der Waals surface area contributed by atoms with Crippen molar-refractivity contribution in [2.24, 2.45) is 4.76 Å². The highest BCUT2D eigenvalue weighted by Gasteiger charge is 2.48. The van der Waals surface area contributed by atoms with E-state index in [1.165, 1.54) is 11.1 Å². The molecule has 2 nitrogen and oxygen atoms in total. The van der Waals surface area contributed by atoms with Gasteiger partial charge < -0.3 is 12.2 Å². The van der Waals surface area contributed by atoms with Gasteiger partial charge >= 0.3 is 0 Å². The molecule has 4 heteroatoms. The molecule has 3 rings (SSSR count). The largest absolute Gasteiger partial charge is 0.527 e. The number of hydrogen-bond acceptors (Lipinski definition) is 3. The molecule has 0 N–H and O–H groups in total. The molecule has 1 unspecified atom stereocenters. The highest BCUT2D eigenvalue weighted by atomic mass is 32.7. The van der Waals surface area contributed by atoms with Crippen LogP contribution in [0.25, 0.3) is 0 Å². The van der Waals surface area contributed by atoms with E-state index in [0.717, 1.165) is 18.4 Å². The molecule has 0 aromatic heterocycles. The monoisotopic (exact) mass is 250 g/mol. The molecule has 0 fully saturated rings. The molecule has 2 atom stereocenters. The molecule has 3 aliphatic heterocycles. The molecule has 0 saturated heterocycles. The van der Waals surface area contributed by atoms with Crippen LogP contribution in [0.2, 0.25) is 0 Å². The second-order valence-corrected chi connectivity index (χ2v) is 9.25. The zero-order valence-electron chi connectivity index (χ0n) is 9.55. The van der Waals surface area contributed by atoms with Crippen LogP contribution in [0.1, 0.15) is 20.3 Å². The summed E-state index contributed by atoms with van der Waals surface area (Å²) < 4.78 is 4.85. The molecule has 0 bridgehead atoms. The van der Waals surface area contributed by atoms with Gasteiger partial charge in [-0.3, -0.25) is 4.90 Å². The van der Waals surface area contributed by atoms with Crippen molar-refractivity contribution in [3.63, 3.8) is 0 Å². The SMILES string of the molecule is CC1=C(C)C[P+]2([S-])N=C3C=CC=CN3[C@@H]2C1. The van der Waals surface area contributed by atoms with E-state index >= 15 is 0 Å². The van der Waals surface area contributed by atoms with Crippen molar-refractivity contribution >= 4 is 24.7 Å². The number of amidine groups is 1. The summed E-state index contributed by atoms with van der Waals surface area (Å²) in [6, 6.07) is 0. The molecule has 0 aromatic carbocycles. The van der Waals surface area contributed by atoms with Gasteiger partial charge in [-0.1, -0.05) is 11.6 Å². The van der Waals surface area contributed by atoms with E-state index in [0.29, 0.717) is 5.78 Å². The molecule has 0 radical (unpaired) electrons. The van der Waals surface area contributed by atoms with Gasteiger partial charge in [-0.2, -0.15) is 0 Å². The fraction of sp³-hybridized carbons (Fsp3) is 0.417. The highest BCUT2D eigenvalue weighted by molar-refractivity contribution is 8.42. The lowest BCUT2D eigenvalue weighted by Crippen LogP contribution is -2.33. The summed E-state index contributed by atoms with van der Waals surface area (Å²) in [4.78, 5) is 2.29. The van der Waals surface area contributed by atoms with E-state index in [1.54, 1.807) is 0 Å². The standard InChI is InChI=1S/C12H15N2PS/c1-9-7-12-14-6-4-3-5-11(14)13-15(12,16)8-10(9)2/h3-6,12H,7-8H2,1-2H3/t12-,15?/m0/s1. The second-order valence-electron chi connectivity index (χ2n) is 4.73. The van der Waals surface area contributed by atoms with Gasteiger partial charge in [0.05, 0.1) is 6.16 Å². The van der Waals surface area contributed by atoms with Crippen molar-refractivity contribution in [1.82, 2.24) is 4.90 Å². The Balaban J connectivity index is 2.03. The van der Waals surface area contributed by atoms with Gasteiger partial charge in [0.15, 0.2) is 11.6 Å². The number of rotatable bonds is 0. The topological polar surface area (TPSA) is 15.6 Å². The van der Waals surface area contributed by atoms with Gasteiger partial charge in [0.25, 0.3) is 0 Å². The van der Waals surface area contributed by atoms with Crippen molar-refractivity contribution in [3.8, 4) is 0 Å². The summed E-state index contributed by atoms with van der Waals surface area (Å²) in [5.41, 5.74) is 2.97. The van der Waals surface area contributed by atoms with Crippen molar-refractivity contribution in [3.05, 3.63) is 35.6 Å².